The van der Waals surface area contributed by atoms with E-state index in [0.717, 1.165) is 0 Å². The first kappa shape index (κ1) is 18.3. The van der Waals surface area contributed by atoms with E-state index in [4.69, 9.17) is 27.9 Å². The van der Waals surface area contributed by atoms with Crippen LogP contribution in [0.1, 0.15) is 30.6 Å². The van der Waals surface area contributed by atoms with Gasteiger partial charge in [-0.05, 0) is 49.4 Å². The molecule has 0 radical (unpaired) electrons. The van der Waals surface area contributed by atoms with Gasteiger partial charge in [0.05, 0.1) is 0 Å². The Kier molecular flexibility index (Phi) is 6.23. The van der Waals surface area contributed by atoms with Crippen molar-refractivity contribution in [3.63, 3.8) is 0 Å². The highest BCUT2D eigenvalue weighted by atomic mass is 35.5. The summed E-state index contributed by atoms with van der Waals surface area (Å²) in [6.07, 6.45) is -0.281. The van der Waals surface area contributed by atoms with Gasteiger partial charge < -0.3 is 10.1 Å². The summed E-state index contributed by atoms with van der Waals surface area (Å²) in [5, 5.41) is 3.56. The summed E-state index contributed by atoms with van der Waals surface area (Å²) >= 11 is 11.8. The average Bonchev–Trinajstić information content (AvgIpc) is 2.53. The lowest BCUT2D eigenvalue weighted by Crippen LogP contribution is -2.30. The lowest BCUT2D eigenvalue weighted by Gasteiger charge is -2.15. The number of ether oxygens (including phenoxy) is 1. The van der Waals surface area contributed by atoms with Gasteiger partial charge in [0.2, 0.25) is 0 Å². The van der Waals surface area contributed by atoms with Crippen LogP contribution in [0.5, 0.6) is 5.75 Å². The molecule has 0 aliphatic heterocycles. The third-order valence-electron chi connectivity index (χ3n) is 3.31. The molecule has 0 saturated carbocycles. The Balaban J connectivity index is 1.99. The monoisotopic (exact) mass is 365 g/mol. The van der Waals surface area contributed by atoms with Gasteiger partial charge in [-0.25, -0.2) is 0 Å². The second-order valence-electron chi connectivity index (χ2n) is 5.21. The molecule has 0 saturated heterocycles. The van der Waals surface area contributed by atoms with Crippen LogP contribution in [-0.2, 0) is 4.79 Å². The highest BCUT2D eigenvalue weighted by Crippen LogP contribution is 2.23. The lowest BCUT2D eigenvalue weighted by atomic mass is 10.1. The van der Waals surface area contributed by atoms with E-state index in [1.54, 1.807) is 56.3 Å². The smallest absolute Gasteiger partial charge is 0.265 e. The van der Waals surface area contributed by atoms with Crippen molar-refractivity contribution in [2.75, 3.05) is 5.32 Å². The summed E-state index contributed by atoms with van der Waals surface area (Å²) in [7, 11) is 0. The summed E-state index contributed by atoms with van der Waals surface area (Å²) in [4.78, 5) is 23.8. The molecule has 0 heterocycles. The van der Waals surface area contributed by atoms with Crippen LogP contribution >= 0.6 is 23.2 Å². The molecule has 0 bridgehead atoms. The highest BCUT2D eigenvalue weighted by molar-refractivity contribution is 6.35. The van der Waals surface area contributed by atoms with Crippen molar-refractivity contribution in [3.05, 3.63) is 58.1 Å². The van der Waals surface area contributed by atoms with Crippen LogP contribution in [0.25, 0.3) is 0 Å². The predicted molar refractivity (Wildman–Crippen MR) is 96.2 cm³/mol. The van der Waals surface area contributed by atoms with E-state index < -0.39 is 6.10 Å². The topological polar surface area (TPSA) is 55.4 Å². The zero-order valence-electron chi connectivity index (χ0n) is 13.3. The molecule has 1 amide bonds. The Bertz CT molecular complexity index is 724. The number of rotatable bonds is 6. The maximum atomic E-state index is 12.2. The Morgan fingerprint density at radius 1 is 1.08 bits per heavy atom. The Hall–Kier alpha value is -2.04. The summed E-state index contributed by atoms with van der Waals surface area (Å²) < 4.78 is 5.59. The van der Waals surface area contributed by atoms with E-state index in [2.05, 4.69) is 5.32 Å². The Morgan fingerprint density at radius 2 is 1.67 bits per heavy atom. The summed E-state index contributed by atoms with van der Waals surface area (Å²) in [5.74, 6) is 0.238. The van der Waals surface area contributed by atoms with Gasteiger partial charge in [-0.15, -0.1) is 0 Å². The van der Waals surface area contributed by atoms with E-state index in [-0.39, 0.29) is 11.7 Å². The molecule has 2 rings (SSSR count). The average molecular weight is 366 g/mol. The van der Waals surface area contributed by atoms with Crippen molar-refractivity contribution in [2.24, 2.45) is 0 Å². The summed E-state index contributed by atoms with van der Waals surface area (Å²) in [6.45, 7) is 3.44. The van der Waals surface area contributed by atoms with Crippen LogP contribution in [0.3, 0.4) is 0 Å². The molecule has 6 heteroatoms. The molecule has 4 nitrogen and oxygen atoms in total. The van der Waals surface area contributed by atoms with Crippen LogP contribution in [0.15, 0.2) is 42.5 Å². The number of carbonyl (C=O) groups excluding carboxylic acids is 2. The Morgan fingerprint density at radius 3 is 2.21 bits per heavy atom. The van der Waals surface area contributed by atoms with E-state index in [1.807, 2.05) is 0 Å². The molecule has 0 unspecified atom stereocenters. The fourth-order valence-corrected chi connectivity index (χ4v) is 2.58. The van der Waals surface area contributed by atoms with Crippen molar-refractivity contribution >= 4 is 40.6 Å². The number of hydrogen-bond acceptors (Lipinski definition) is 3. The van der Waals surface area contributed by atoms with Crippen LogP contribution in [0, 0.1) is 0 Å². The second kappa shape index (κ2) is 8.18. The third kappa shape index (κ3) is 4.98. The van der Waals surface area contributed by atoms with Crippen LogP contribution in [0.4, 0.5) is 5.69 Å². The standard InChI is InChI=1S/C18H17Cl2NO3/c1-3-17(22)12-4-6-16(7-5-12)24-11(2)18(23)21-15-9-13(19)8-14(20)10-15/h4-11H,3H2,1-2H3,(H,21,23)/t11-/m1/s1. The quantitative estimate of drug-likeness (QED) is 0.733. The molecule has 2 aromatic rings. The molecule has 0 spiro atoms. The minimum absolute atomic E-state index is 0.0603. The van der Waals surface area contributed by atoms with Crippen LogP contribution in [-0.4, -0.2) is 17.8 Å². The fourth-order valence-electron chi connectivity index (χ4n) is 2.05. The van der Waals surface area contributed by atoms with Gasteiger partial charge in [0.1, 0.15) is 5.75 Å². The first-order chi connectivity index (χ1) is 11.4. The third-order valence-corrected chi connectivity index (χ3v) is 3.75. The van der Waals surface area contributed by atoms with Crippen LogP contribution in [0.2, 0.25) is 10.0 Å². The van der Waals surface area contributed by atoms with Crippen molar-refractivity contribution in [3.8, 4) is 5.75 Å². The molecule has 2 aromatic carbocycles. The van der Waals surface area contributed by atoms with E-state index in [0.29, 0.717) is 33.5 Å². The molecule has 0 aromatic heterocycles. The minimum atomic E-state index is -0.726. The number of benzene rings is 2. The largest absolute Gasteiger partial charge is 0.481 e. The second-order valence-corrected chi connectivity index (χ2v) is 6.08. The normalized spacial score (nSPS) is 11.7. The predicted octanol–water partition coefficient (Wildman–Crippen LogP) is 4.99. The first-order valence-corrected chi connectivity index (χ1v) is 8.21. The van der Waals surface area contributed by atoms with Gasteiger partial charge in [-0.3, -0.25) is 9.59 Å². The number of nitrogens with one attached hydrogen (secondary N) is 1. The minimum Gasteiger partial charge on any atom is -0.481 e. The van der Waals surface area contributed by atoms with Crippen molar-refractivity contribution in [2.45, 2.75) is 26.4 Å². The number of amides is 1. The summed E-state index contributed by atoms with van der Waals surface area (Å²) in [5.41, 5.74) is 1.12. The van der Waals surface area contributed by atoms with Crippen molar-refractivity contribution in [1.29, 1.82) is 0 Å². The van der Waals surface area contributed by atoms with Gasteiger partial charge in [-0.2, -0.15) is 0 Å². The van der Waals surface area contributed by atoms with Crippen molar-refractivity contribution in [1.82, 2.24) is 0 Å². The molecule has 1 atom stereocenters. The zero-order valence-corrected chi connectivity index (χ0v) is 14.8. The van der Waals surface area contributed by atoms with Gasteiger partial charge in [0.25, 0.3) is 5.91 Å². The molecule has 126 valence electrons. The summed E-state index contributed by atoms with van der Waals surface area (Å²) in [6, 6.07) is 11.5. The lowest BCUT2D eigenvalue weighted by molar-refractivity contribution is -0.122. The van der Waals surface area contributed by atoms with E-state index in [9.17, 15) is 9.59 Å². The molecule has 0 aliphatic carbocycles. The number of halogens is 2. The molecule has 0 fully saturated rings. The SMILES string of the molecule is CCC(=O)c1ccc(O[C@H](C)C(=O)Nc2cc(Cl)cc(Cl)c2)cc1. The van der Waals surface area contributed by atoms with E-state index >= 15 is 0 Å². The van der Waals surface area contributed by atoms with Gasteiger partial charge >= 0.3 is 0 Å². The number of anilines is 1. The van der Waals surface area contributed by atoms with Gasteiger partial charge in [0, 0.05) is 27.7 Å². The van der Waals surface area contributed by atoms with E-state index in [1.165, 1.54) is 0 Å². The Labute approximate surface area is 150 Å². The number of hydrogen-bond donors (Lipinski definition) is 1. The molecule has 0 aliphatic rings. The number of carbonyl (C=O) groups is 2. The highest BCUT2D eigenvalue weighted by Gasteiger charge is 2.15. The fraction of sp³-hybridized carbons (Fsp3) is 0.222. The van der Waals surface area contributed by atoms with Crippen LogP contribution < -0.4 is 10.1 Å². The molecular weight excluding hydrogens is 349 g/mol. The molecular formula is C18H17Cl2NO3. The zero-order chi connectivity index (χ0) is 17.7. The van der Waals surface area contributed by atoms with Crippen molar-refractivity contribution < 1.29 is 14.3 Å². The maximum Gasteiger partial charge on any atom is 0.265 e. The van der Waals surface area contributed by atoms with Gasteiger partial charge in [-0.1, -0.05) is 30.1 Å². The maximum absolute atomic E-state index is 12.2. The number of Topliss-reactive ketones (excluding diaryl/α,β-unsaturated/α-hetero) is 1. The molecule has 24 heavy (non-hydrogen) atoms. The van der Waals surface area contributed by atoms with Gasteiger partial charge in [0.15, 0.2) is 11.9 Å². The number of ketones is 1. The first-order valence-electron chi connectivity index (χ1n) is 7.46. The molecule has 1 N–H and O–H groups in total.